The van der Waals surface area contributed by atoms with Gasteiger partial charge in [-0.2, -0.15) is 0 Å². The Bertz CT molecular complexity index is 657. The van der Waals surface area contributed by atoms with Gasteiger partial charge in [-0.1, -0.05) is 6.92 Å². The predicted octanol–water partition coefficient (Wildman–Crippen LogP) is 1.88. The maximum absolute atomic E-state index is 12.3. The maximum Gasteiger partial charge on any atom is 0.244 e. The van der Waals surface area contributed by atoms with Crippen molar-refractivity contribution in [2.45, 2.75) is 24.7 Å². The van der Waals surface area contributed by atoms with E-state index in [0.29, 0.717) is 25.2 Å². The summed E-state index contributed by atoms with van der Waals surface area (Å²) in [6.45, 7) is 3.05. The van der Waals surface area contributed by atoms with Crippen molar-refractivity contribution >= 4 is 27.0 Å². The number of hydrogen-bond acceptors (Lipinski definition) is 6. The Balaban J connectivity index is 2.04. The summed E-state index contributed by atoms with van der Waals surface area (Å²) in [5, 5.41) is 5.89. The lowest BCUT2D eigenvalue weighted by molar-refractivity contribution is 0.581. The van der Waals surface area contributed by atoms with Crippen LogP contribution in [0.3, 0.4) is 0 Å². The van der Waals surface area contributed by atoms with Crippen LogP contribution in [-0.2, 0) is 16.4 Å². The van der Waals surface area contributed by atoms with Crippen molar-refractivity contribution in [3.05, 3.63) is 35.0 Å². The van der Waals surface area contributed by atoms with Crippen molar-refractivity contribution in [2.75, 3.05) is 18.4 Å². The molecule has 0 saturated heterocycles. The molecule has 0 radical (unpaired) electrons. The number of hydrogen-bond donors (Lipinski definition) is 2. The third kappa shape index (κ3) is 4.48. The topological polar surface area (TPSA) is 84.0 Å². The fourth-order valence-corrected chi connectivity index (χ4v) is 3.52. The molecule has 0 unspecified atom stereocenters. The average molecular weight is 326 g/mol. The van der Waals surface area contributed by atoms with Gasteiger partial charge in [0.2, 0.25) is 10.0 Å². The van der Waals surface area contributed by atoms with Crippen LogP contribution in [0.4, 0.5) is 5.69 Å². The molecule has 0 aromatic carbocycles. The van der Waals surface area contributed by atoms with Gasteiger partial charge in [0, 0.05) is 43.5 Å². The van der Waals surface area contributed by atoms with E-state index < -0.39 is 10.0 Å². The number of aromatic nitrogens is 2. The zero-order valence-electron chi connectivity index (χ0n) is 11.7. The van der Waals surface area contributed by atoms with Crippen molar-refractivity contribution in [1.82, 2.24) is 14.7 Å². The Morgan fingerprint density at radius 2 is 2.14 bits per heavy atom. The van der Waals surface area contributed by atoms with Gasteiger partial charge in [-0.15, -0.1) is 11.3 Å². The molecule has 2 aromatic heterocycles. The molecule has 6 nitrogen and oxygen atoms in total. The van der Waals surface area contributed by atoms with Crippen LogP contribution in [0, 0.1) is 0 Å². The van der Waals surface area contributed by atoms with Crippen LogP contribution in [0.5, 0.6) is 0 Å². The molecule has 2 aromatic rings. The summed E-state index contributed by atoms with van der Waals surface area (Å²) in [4.78, 5) is 8.21. The summed E-state index contributed by atoms with van der Waals surface area (Å²) in [5.74, 6) is 0. The Morgan fingerprint density at radius 1 is 1.29 bits per heavy atom. The first kappa shape index (κ1) is 15.9. The van der Waals surface area contributed by atoms with Gasteiger partial charge in [0.05, 0.1) is 10.7 Å². The number of nitrogens with zero attached hydrogens (tertiary/aromatic N) is 2. The van der Waals surface area contributed by atoms with Crippen molar-refractivity contribution in [3.8, 4) is 0 Å². The molecule has 0 aliphatic carbocycles. The zero-order chi connectivity index (χ0) is 15.1. The van der Waals surface area contributed by atoms with Crippen LogP contribution in [0.15, 0.2) is 34.9 Å². The third-order valence-corrected chi connectivity index (χ3v) is 5.08. The molecule has 2 N–H and O–H groups in total. The van der Waals surface area contributed by atoms with Crippen molar-refractivity contribution in [2.24, 2.45) is 0 Å². The molecule has 114 valence electrons. The minimum absolute atomic E-state index is 0.178. The summed E-state index contributed by atoms with van der Waals surface area (Å²) < 4.78 is 27.3. The Kier molecular flexibility index (Phi) is 5.66. The van der Waals surface area contributed by atoms with E-state index in [-0.39, 0.29) is 4.90 Å². The summed E-state index contributed by atoms with van der Waals surface area (Å²) in [6.07, 6.45) is 6.15. The fraction of sp³-hybridized carbons (Fsp3) is 0.385. The molecule has 0 atom stereocenters. The van der Waals surface area contributed by atoms with Crippen LogP contribution in [-0.4, -0.2) is 31.5 Å². The first-order valence-electron chi connectivity index (χ1n) is 6.69. The largest absolute Gasteiger partial charge is 0.384 e. The highest BCUT2D eigenvalue weighted by atomic mass is 32.2. The lowest BCUT2D eigenvalue weighted by Gasteiger charge is -2.12. The lowest BCUT2D eigenvalue weighted by Crippen LogP contribution is -2.27. The summed E-state index contributed by atoms with van der Waals surface area (Å²) in [5.41, 5.74) is 0.577. The van der Waals surface area contributed by atoms with Gasteiger partial charge in [-0.3, -0.25) is 4.98 Å². The number of nitrogens with one attached hydrogen (secondary N) is 2. The van der Waals surface area contributed by atoms with Gasteiger partial charge in [0.1, 0.15) is 4.90 Å². The van der Waals surface area contributed by atoms with Gasteiger partial charge >= 0.3 is 0 Å². The summed E-state index contributed by atoms with van der Waals surface area (Å²) >= 11 is 1.51. The van der Waals surface area contributed by atoms with E-state index in [1.54, 1.807) is 18.5 Å². The van der Waals surface area contributed by atoms with Crippen molar-refractivity contribution in [3.63, 3.8) is 0 Å². The predicted molar refractivity (Wildman–Crippen MR) is 84.0 cm³/mol. The second-order valence-electron chi connectivity index (χ2n) is 4.37. The number of rotatable bonds is 8. The minimum atomic E-state index is -3.57. The van der Waals surface area contributed by atoms with Crippen LogP contribution < -0.4 is 10.0 Å². The van der Waals surface area contributed by atoms with Crippen LogP contribution in [0.2, 0.25) is 0 Å². The Labute approximate surface area is 128 Å². The normalized spacial score (nSPS) is 11.5. The van der Waals surface area contributed by atoms with Gasteiger partial charge < -0.3 is 5.32 Å². The number of sulfonamides is 1. The molecule has 8 heteroatoms. The molecule has 0 amide bonds. The second kappa shape index (κ2) is 7.48. The standard InChI is InChI=1S/C13H18N4O2S2/c1-2-5-15-11-3-6-14-10-12(11)21(18,19)17-7-4-13-16-8-9-20-13/h3,6,8-10,17H,2,4-5,7H2,1H3,(H,14,15). The highest BCUT2D eigenvalue weighted by Gasteiger charge is 2.18. The maximum atomic E-state index is 12.3. The van der Waals surface area contributed by atoms with Crippen LogP contribution in [0.25, 0.3) is 0 Å². The molecule has 0 aliphatic heterocycles. The van der Waals surface area contributed by atoms with Crippen molar-refractivity contribution < 1.29 is 8.42 Å². The molecule has 21 heavy (non-hydrogen) atoms. The molecule has 2 heterocycles. The Hall–Kier alpha value is -1.51. The second-order valence-corrected chi connectivity index (χ2v) is 7.09. The number of anilines is 1. The molecule has 0 bridgehead atoms. The highest BCUT2D eigenvalue weighted by Crippen LogP contribution is 2.19. The van der Waals surface area contributed by atoms with Crippen LogP contribution >= 0.6 is 11.3 Å². The summed E-state index contributed by atoms with van der Waals surface area (Å²) in [7, 11) is -3.57. The fourth-order valence-electron chi connectivity index (χ4n) is 1.75. The van der Waals surface area contributed by atoms with E-state index in [9.17, 15) is 8.42 Å². The first-order chi connectivity index (χ1) is 10.1. The first-order valence-corrected chi connectivity index (χ1v) is 9.05. The average Bonchev–Trinajstić information content (AvgIpc) is 2.98. The van der Waals surface area contributed by atoms with Gasteiger partial charge in [0.15, 0.2) is 0 Å². The third-order valence-electron chi connectivity index (χ3n) is 2.75. The van der Waals surface area contributed by atoms with E-state index in [0.717, 1.165) is 11.4 Å². The smallest absolute Gasteiger partial charge is 0.244 e. The van der Waals surface area contributed by atoms with E-state index in [1.165, 1.54) is 17.5 Å². The molecule has 0 aliphatic rings. The van der Waals surface area contributed by atoms with Gasteiger partial charge in [-0.25, -0.2) is 18.1 Å². The van der Waals surface area contributed by atoms with E-state index in [1.807, 2.05) is 12.3 Å². The zero-order valence-corrected chi connectivity index (χ0v) is 13.4. The monoisotopic (exact) mass is 326 g/mol. The van der Waals surface area contributed by atoms with Crippen molar-refractivity contribution in [1.29, 1.82) is 0 Å². The summed E-state index contributed by atoms with van der Waals surface area (Å²) in [6, 6.07) is 1.67. The molecule has 0 saturated carbocycles. The van der Waals surface area contributed by atoms with Crippen LogP contribution in [0.1, 0.15) is 18.4 Å². The SMILES string of the molecule is CCCNc1ccncc1S(=O)(=O)NCCc1nccs1. The van der Waals surface area contributed by atoms with Gasteiger partial charge in [0.25, 0.3) is 0 Å². The molecule has 2 rings (SSSR count). The van der Waals surface area contributed by atoms with E-state index >= 15 is 0 Å². The number of pyridine rings is 1. The molecule has 0 fully saturated rings. The molecular formula is C13H18N4O2S2. The van der Waals surface area contributed by atoms with E-state index in [2.05, 4.69) is 20.0 Å². The highest BCUT2D eigenvalue weighted by molar-refractivity contribution is 7.89. The number of thiazole rings is 1. The van der Waals surface area contributed by atoms with Gasteiger partial charge in [-0.05, 0) is 12.5 Å². The Morgan fingerprint density at radius 3 is 2.86 bits per heavy atom. The molecule has 0 spiro atoms. The quantitative estimate of drug-likeness (QED) is 0.774. The molecular weight excluding hydrogens is 308 g/mol. The minimum Gasteiger partial charge on any atom is -0.384 e. The van der Waals surface area contributed by atoms with E-state index in [4.69, 9.17) is 0 Å². The lowest BCUT2D eigenvalue weighted by atomic mass is 10.4.